The number of carbonyl (C=O) groups is 1. The topological polar surface area (TPSA) is 52.9 Å². The van der Waals surface area contributed by atoms with Crippen molar-refractivity contribution in [1.29, 1.82) is 0 Å². The van der Waals surface area contributed by atoms with Gasteiger partial charge in [-0.3, -0.25) is 4.79 Å². The molecule has 0 unspecified atom stereocenters. The largest absolute Gasteiger partial charge is 0.410 e. The van der Waals surface area contributed by atoms with E-state index in [0.717, 1.165) is 5.56 Å². The van der Waals surface area contributed by atoms with Crippen LogP contribution in [0.3, 0.4) is 0 Å². The van der Waals surface area contributed by atoms with Crippen molar-refractivity contribution in [2.24, 2.45) is 5.16 Å². The highest BCUT2D eigenvalue weighted by Crippen LogP contribution is 2.14. The summed E-state index contributed by atoms with van der Waals surface area (Å²) in [5, 5.41) is 11.9. The summed E-state index contributed by atoms with van der Waals surface area (Å²) in [5.41, 5.74) is 1.08. The number of benzene rings is 1. The van der Waals surface area contributed by atoms with Gasteiger partial charge in [-0.2, -0.15) is 0 Å². The van der Waals surface area contributed by atoms with Crippen LogP contribution in [0.5, 0.6) is 0 Å². The number of amides is 1. The third kappa shape index (κ3) is 3.58. The molecule has 0 saturated carbocycles. The zero-order valence-corrected chi connectivity index (χ0v) is 10.1. The number of nitrogens with zero attached hydrogens (tertiary/aromatic N) is 2. The second-order valence-electron chi connectivity index (χ2n) is 3.38. The summed E-state index contributed by atoms with van der Waals surface area (Å²) in [7, 11) is 3.24. The summed E-state index contributed by atoms with van der Waals surface area (Å²) in [5.74, 6) is 0.322. The maximum Gasteiger partial charge on any atom is 0.282 e. The molecule has 1 aromatic rings. The van der Waals surface area contributed by atoms with Crippen LogP contribution in [0.1, 0.15) is 5.56 Å². The molecular formula is C11H14N2O2S. The van der Waals surface area contributed by atoms with Crippen molar-refractivity contribution in [2.45, 2.75) is 5.75 Å². The quantitative estimate of drug-likeness (QED) is 0.370. The van der Waals surface area contributed by atoms with Gasteiger partial charge in [-0.05, 0) is 5.56 Å². The lowest BCUT2D eigenvalue weighted by Crippen LogP contribution is -2.28. The molecule has 0 aliphatic carbocycles. The minimum absolute atomic E-state index is 0.105. The Balaban J connectivity index is 2.57. The Kier molecular flexibility index (Phi) is 4.85. The van der Waals surface area contributed by atoms with Crippen molar-refractivity contribution < 1.29 is 10.0 Å². The van der Waals surface area contributed by atoms with Gasteiger partial charge in [0.15, 0.2) is 0 Å². The van der Waals surface area contributed by atoms with Gasteiger partial charge < -0.3 is 10.1 Å². The Hall–Kier alpha value is -1.49. The molecule has 0 spiro atoms. The van der Waals surface area contributed by atoms with Gasteiger partial charge in [0.25, 0.3) is 5.91 Å². The molecule has 4 nitrogen and oxygen atoms in total. The van der Waals surface area contributed by atoms with E-state index in [1.807, 2.05) is 30.3 Å². The number of rotatable bonds is 2. The zero-order valence-electron chi connectivity index (χ0n) is 9.25. The Bertz CT molecular complexity index is 377. The van der Waals surface area contributed by atoms with Gasteiger partial charge in [0.05, 0.1) is 0 Å². The van der Waals surface area contributed by atoms with Crippen LogP contribution in [-0.2, 0) is 10.5 Å². The fourth-order valence-corrected chi connectivity index (χ4v) is 1.91. The van der Waals surface area contributed by atoms with Crippen LogP contribution >= 0.6 is 11.8 Å². The molecule has 1 rings (SSSR count). The normalized spacial score (nSPS) is 11.2. The lowest BCUT2D eigenvalue weighted by atomic mass is 10.2. The van der Waals surface area contributed by atoms with E-state index in [9.17, 15) is 4.79 Å². The van der Waals surface area contributed by atoms with Crippen molar-refractivity contribution in [3.63, 3.8) is 0 Å². The van der Waals surface area contributed by atoms with Crippen LogP contribution in [0.25, 0.3) is 0 Å². The average molecular weight is 238 g/mol. The Morgan fingerprint density at radius 3 is 2.50 bits per heavy atom. The molecule has 0 fully saturated rings. The van der Waals surface area contributed by atoms with Crippen LogP contribution < -0.4 is 0 Å². The first-order valence-corrected chi connectivity index (χ1v) is 5.74. The van der Waals surface area contributed by atoms with E-state index in [1.165, 1.54) is 16.7 Å². The lowest BCUT2D eigenvalue weighted by molar-refractivity contribution is -0.121. The first-order chi connectivity index (χ1) is 7.65. The molecule has 5 heteroatoms. The van der Waals surface area contributed by atoms with Crippen LogP contribution in [0, 0.1) is 0 Å². The number of thioether (sulfide) groups is 1. The second kappa shape index (κ2) is 6.17. The predicted octanol–water partition coefficient (Wildman–Crippen LogP) is 1.80. The van der Waals surface area contributed by atoms with Crippen molar-refractivity contribution in [1.82, 2.24) is 4.90 Å². The molecule has 0 saturated heterocycles. The van der Waals surface area contributed by atoms with Crippen molar-refractivity contribution >= 4 is 22.7 Å². The molecule has 1 aromatic carbocycles. The van der Waals surface area contributed by atoms with Crippen molar-refractivity contribution in [3.05, 3.63) is 35.9 Å². The van der Waals surface area contributed by atoms with Gasteiger partial charge >= 0.3 is 0 Å². The van der Waals surface area contributed by atoms with E-state index < -0.39 is 0 Å². The van der Waals surface area contributed by atoms with Crippen molar-refractivity contribution in [3.8, 4) is 0 Å². The zero-order chi connectivity index (χ0) is 12.0. The van der Waals surface area contributed by atoms with Gasteiger partial charge in [0, 0.05) is 19.8 Å². The van der Waals surface area contributed by atoms with E-state index in [0.29, 0.717) is 5.75 Å². The van der Waals surface area contributed by atoms with E-state index in [1.54, 1.807) is 14.1 Å². The van der Waals surface area contributed by atoms with E-state index in [2.05, 4.69) is 5.16 Å². The fourth-order valence-electron chi connectivity index (χ4n) is 1.05. The number of hydrogen-bond donors (Lipinski definition) is 1. The molecule has 86 valence electrons. The van der Waals surface area contributed by atoms with E-state index in [4.69, 9.17) is 5.21 Å². The third-order valence-corrected chi connectivity index (χ3v) is 2.91. The summed E-state index contributed by atoms with van der Waals surface area (Å²) in [6.07, 6.45) is 0. The second-order valence-corrected chi connectivity index (χ2v) is 4.34. The number of oxime groups is 1. The molecule has 16 heavy (non-hydrogen) atoms. The molecule has 1 N–H and O–H groups in total. The van der Waals surface area contributed by atoms with E-state index >= 15 is 0 Å². The van der Waals surface area contributed by atoms with Crippen LogP contribution in [0.15, 0.2) is 35.5 Å². The standard InChI is InChI=1S/C11H14N2O2S/c1-13(2)11(14)10(12-15)16-8-9-6-4-3-5-7-9/h3-7,15H,8H2,1-2H3. The highest BCUT2D eigenvalue weighted by molar-refractivity contribution is 8.15. The fraction of sp³-hybridized carbons (Fsp3) is 0.273. The van der Waals surface area contributed by atoms with Gasteiger partial charge in [-0.1, -0.05) is 47.2 Å². The summed E-state index contributed by atoms with van der Waals surface area (Å²) >= 11 is 1.22. The molecule has 0 aliphatic heterocycles. The summed E-state index contributed by atoms with van der Waals surface area (Å²) in [6.45, 7) is 0. The third-order valence-electron chi connectivity index (χ3n) is 1.90. The predicted molar refractivity (Wildman–Crippen MR) is 65.7 cm³/mol. The highest BCUT2D eigenvalue weighted by Gasteiger charge is 2.14. The average Bonchev–Trinajstić information content (AvgIpc) is 2.30. The summed E-state index contributed by atoms with van der Waals surface area (Å²) in [6, 6.07) is 9.71. The van der Waals surface area contributed by atoms with Crippen LogP contribution in [0.2, 0.25) is 0 Å². The molecule has 0 atom stereocenters. The minimum Gasteiger partial charge on any atom is -0.410 e. The number of hydrogen-bond acceptors (Lipinski definition) is 4. The SMILES string of the molecule is CN(C)C(=O)C(=NO)SCc1ccccc1. The molecule has 0 radical (unpaired) electrons. The van der Waals surface area contributed by atoms with Gasteiger partial charge in [0.2, 0.25) is 5.04 Å². The molecule has 0 aliphatic rings. The van der Waals surface area contributed by atoms with Gasteiger partial charge in [0.1, 0.15) is 0 Å². The lowest BCUT2D eigenvalue weighted by Gasteiger charge is -2.10. The maximum absolute atomic E-state index is 11.5. The first kappa shape index (κ1) is 12.6. The molecule has 0 aromatic heterocycles. The molecule has 1 amide bonds. The minimum atomic E-state index is -0.288. The number of carbonyl (C=O) groups excluding carboxylic acids is 1. The van der Waals surface area contributed by atoms with Crippen molar-refractivity contribution in [2.75, 3.05) is 14.1 Å². The Morgan fingerprint density at radius 2 is 2.00 bits per heavy atom. The highest BCUT2D eigenvalue weighted by atomic mass is 32.2. The van der Waals surface area contributed by atoms with Crippen LogP contribution in [-0.4, -0.2) is 35.2 Å². The van der Waals surface area contributed by atoms with Gasteiger partial charge in [-0.25, -0.2) is 0 Å². The summed E-state index contributed by atoms with van der Waals surface area (Å²) in [4.78, 5) is 12.9. The first-order valence-electron chi connectivity index (χ1n) is 4.75. The van der Waals surface area contributed by atoms with E-state index in [-0.39, 0.29) is 11.0 Å². The van der Waals surface area contributed by atoms with Gasteiger partial charge in [-0.15, -0.1) is 0 Å². The molecule has 0 heterocycles. The van der Waals surface area contributed by atoms with Crippen LogP contribution in [0.4, 0.5) is 0 Å². The maximum atomic E-state index is 11.5. The molecular weight excluding hydrogens is 224 g/mol. The smallest absolute Gasteiger partial charge is 0.282 e. The Morgan fingerprint density at radius 1 is 1.38 bits per heavy atom. The summed E-state index contributed by atoms with van der Waals surface area (Å²) < 4.78 is 0. The molecule has 0 bridgehead atoms. The monoisotopic (exact) mass is 238 g/mol. The Labute approximate surface area is 98.9 Å².